The highest BCUT2D eigenvalue weighted by Gasteiger charge is 2.05. The van der Waals surface area contributed by atoms with Crippen molar-refractivity contribution >= 4 is 0 Å². The first kappa shape index (κ1) is 17.8. The quantitative estimate of drug-likeness (QED) is 0.567. The Morgan fingerprint density at radius 2 is 1.62 bits per heavy atom. The molecule has 0 radical (unpaired) electrons. The van der Waals surface area contributed by atoms with E-state index in [1.165, 1.54) is 32.1 Å². The minimum atomic E-state index is -0.000108. The van der Waals surface area contributed by atoms with Gasteiger partial charge < -0.3 is 14.6 Å². The van der Waals surface area contributed by atoms with Crippen LogP contribution in [-0.4, -0.2) is 18.3 Å². The summed E-state index contributed by atoms with van der Waals surface area (Å²) < 4.78 is 11.4. The number of hydrogen-bond donors (Lipinski definition) is 1. The SMILES string of the molecule is CCCCCCCCOc1cc(OCCC)ccc1CO. The Morgan fingerprint density at radius 3 is 2.33 bits per heavy atom. The molecule has 0 spiro atoms. The number of hydrogen-bond acceptors (Lipinski definition) is 3. The van der Waals surface area contributed by atoms with Crippen LogP contribution in [0.4, 0.5) is 0 Å². The van der Waals surface area contributed by atoms with Gasteiger partial charge in [0.25, 0.3) is 0 Å². The fourth-order valence-electron chi connectivity index (χ4n) is 2.17. The summed E-state index contributed by atoms with van der Waals surface area (Å²) in [5.41, 5.74) is 0.824. The van der Waals surface area contributed by atoms with Crippen molar-refractivity contribution in [3.05, 3.63) is 23.8 Å². The van der Waals surface area contributed by atoms with E-state index in [0.717, 1.165) is 29.9 Å². The van der Waals surface area contributed by atoms with E-state index in [0.29, 0.717) is 13.2 Å². The summed E-state index contributed by atoms with van der Waals surface area (Å²) in [5, 5.41) is 9.36. The zero-order valence-corrected chi connectivity index (χ0v) is 13.6. The molecule has 0 aliphatic heterocycles. The number of ether oxygens (including phenoxy) is 2. The first-order valence-electron chi connectivity index (χ1n) is 8.31. The van der Waals surface area contributed by atoms with Crippen LogP contribution in [0.2, 0.25) is 0 Å². The van der Waals surface area contributed by atoms with Gasteiger partial charge in [-0.1, -0.05) is 46.0 Å². The number of aliphatic hydroxyl groups excluding tert-OH is 1. The molecule has 3 heteroatoms. The van der Waals surface area contributed by atoms with Crippen molar-refractivity contribution in [1.29, 1.82) is 0 Å². The standard InChI is InChI=1S/C18H30O3/c1-3-5-6-7-8-9-13-21-18-14-17(20-12-4-2)11-10-16(18)15-19/h10-11,14,19H,3-9,12-13,15H2,1-2H3. The molecule has 1 N–H and O–H groups in total. The second-order valence-electron chi connectivity index (χ2n) is 5.39. The molecular weight excluding hydrogens is 264 g/mol. The van der Waals surface area contributed by atoms with Crippen LogP contribution in [0.1, 0.15) is 64.4 Å². The second kappa shape index (κ2) is 11.4. The average molecular weight is 294 g/mol. The number of benzene rings is 1. The van der Waals surface area contributed by atoms with Gasteiger partial charge in [0.05, 0.1) is 19.8 Å². The lowest BCUT2D eigenvalue weighted by Crippen LogP contribution is -2.02. The fraction of sp³-hybridized carbons (Fsp3) is 0.667. The lowest BCUT2D eigenvalue weighted by atomic mass is 10.1. The molecule has 0 aliphatic carbocycles. The zero-order valence-electron chi connectivity index (χ0n) is 13.6. The fourth-order valence-corrected chi connectivity index (χ4v) is 2.17. The topological polar surface area (TPSA) is 38.7 Å². The van der Waals surface area contributed by atoms with Crippen molar-refractivity contribution in [2.75, 3.05) is 13.2 Å². The van der Waals surface area contributed by atoms with Crippen molar-refractivity contribution < 1.29 is 14.6 Å². The van der Waals surface area contributed by atoms with Crippen LogP contribution in [0.3, 0.4) is 0 Å². The van der Waals surface area contributed by atoms with Gasteiger partial charge in [-0.2, -0.15) is 0 Å². The van der Waals surface area contributed by atoms with Gasteiger partial charge >= 0.3 is 0 Å². The number of aliphatic hydroxyl groups is 1. The van der Waals surface area contributed by atoms with E-state index in [-0.39, 0.29) is 6.61 Å². The molecule has 0 saturated heterocycles. The third-order valence-electron chi connectivity index (χ3n) is 3.44. The summed E-state index contributed by atoms with van der Waals surface area (Å²) in [6.07, 6.45) is 8.46. The van der Waals surface area contributed by atoms with Crippen molar-refractivity contribution in [2.24, 2.45) is 0 Å². The first-order chi connectivity index (χ1) is 10.3. The molecule has 1 aromatic carbocycles. The molecule has 1 aromatic rings. The lowest BCUT2D eigenvalue weighted by Gasteiger charge is -2.12. The molecule has 0 atom stereocenters. The van der Waals surface area contributed by atoms with Gasteiger partial charge in [0.15, 0.2) is 0 Å². The van der Waals surface area contributed by atoms with Crippen LogP contribution in [0.15, 0.2) is 18.2 Å². The number of rotatable bonds is 12. The van der Waals surface area contributed by atoms with Crippen molar-refractivity contribution in [3.63, 3.8) is 0 Å². The molecule has 0 heterocycles. The summed E-state index contributed by atoms with van der Waals surface area (Å²) in [6, 6.07) is 5.65. The molecule has 1 rings (SSSR count). The largest absolute Gasteiger partial charge is 0.493 e. The van der Waals surface area contributed by atoms with E-state index in [9.17, 15) is 5.11 Å². The van der Waals surface area contributed by atoms with Gasteiger partial charge in [-0.3, -0.25) is 0 Å². The van der Waals surface area contributed by atoms with Crippen molar-refractivity contribution in [3.8, 4) is 11.5 Å². The van der Waals surface area contributed by atoms with Crippen LogP contribution >= 0.6 is 0 Å². The highest BCUT2D eigenvalue weighted by molar-refractivity contribution is 5.40. The maximum Gasteiger partial charge on any atom is 0.128 e. The van der Waals surface area contributed by atoms with Gasteiger partial charge in [0.1, 0.15) is 11.5 Å². The van der Waals surface area contributed by atoms with Gasteiger partial charge in [-0.15, -0.1) is 0 Å². The monoisotopic (exact) mass is 294 g/mol. The van der Waals surface area contributed by atoms with Gasteiger partial charge in [-0.25, -0.2) is 0 Å². The molecule has 3 nitrogen and oxygen atoms in total. The summed E-state index contributed by atoms with van der Waals surface area (Å²) in [5.74, 6) is 1.56. The average Bonchev–Trinajstić information content (AvgIpc) is 2.52. The highest BCUT2D eigenvalue weighted by atomic mass is 16.5. The van der Waals surface area contributed by atoms with E-state index in [4.69, 9.17) is 9.47 Å². The summed E-state index contributed by atoms with van der Waals surface area (Å²) in [4.78, 5) is 0. The lowest BCUT2D eigenvalue weighted by molar-refractivity contribution is 0.257. The molecule has 0 fully saturated rings. The van der Waals surface area contributed by atoms with Crippen LogP contribution in [-0.2, 0) is 6.61 Å². The smallest absolute Gasteiger partial charge is 0.128 e. The molecule has 21 heavy (non-hydrogen) atoms. The van der Waals surface area contributed by atoms with E-state index >= 15 is 0 Å². The molecule has 120 valence electrons. The Labute approximate surface area is 129 Å². The maximum atomic E-state index is 9.36. The Balaban J connectivity index is 2.37. The Hall–Kier alpha value is -1.22. The van der Waals surface area contributed by atoms with E-state index in [1.807, 2.05) is 18.2 Å². The third kappa shape index (κ3) is 7.37. The van der Waals surface area contributed by atoms with Gasteiger partial charge in [-0.05, 0) is 25.0 Å². The summed E-state index contributed by atoms with van der Waals surface area (Å²) >= 11 is 0. The molecule has 0 unspecified atom stereocenters. The van der Waals surface area contributed by atoms with Crippen molar-refractivity contribution in [2.45, 2.75) is 65.4 Å². The Morgan fingerprint density at radius 1 is 0.857 bits per heavy atom. The maximum absolute atomic E-state index is 9.36. The first-order valence-corrected chi connectivity index (χ1v) is 8.31. The third-order valence-corrected chi connectivity index (χ3v) is 3.44. The second-order valence-corrected chi connectivity index (χ2v) is 5.39. The van der Waals surface area contributed by atoms with E-state index < -0.39 is 0 Å². The predicted molar refractivity (Wildman–Crippen MR) is 87.0 cm³/mol. The Kier molecular flexibility index (Phi) is 9.71. The minimum Gasteiger partial charge on any atom is -0.493 e. The molecular formula is C18H30O3. The van der Waals surface area contributed by atoms with Crippen LogP contribution in [0.25, 0.3) is 0 Å². The van der Waals surface area contributed by atoms with Gasteiger partial charge in [0, 0.05) is 11.6 Å². The van der Waals surface area contributed by atoms with Crippen LogP contribution in [0.5, 0.6) is 11.5 Å². The number of unbranched alkanes of at least 4 members (excludes halogenated alkanes) is 5. The molecule has 0 aliphatic rings. The Bertz CT molecular complexity index is 377. The normalized spacial score (nSPS) is 10.6. The predicted octanol–water partition coefficient (Wildman–Crippen LogP) is 4.71. The summed E-state index contributed by atoms with van der Waals surface area (Å²) in [7, 11) is 0. The minimum absolute atomic E-state index is 0.000108. The molecule has 0 amide bonds. The zero-order chi connectivity index (χ0) is 15.3. The van der Waals surface area contributed by atoms with Gasteiger partial charge in [0.2, 0.25) is 0 Å². The molecule has 0 aromatic heterocycles. The summed E-state index contributed by atoms with van der Waals surface area (Å²) in [6.45, 7) is 5.72. The molecule has 0 bridgehead atoms. The highest BCUT2D eigenvalue weighted by Crippen LogP contribution is 2.25. The van der Waals surface area contributed by atoms with Crippen LogP contribution in [0, 0.1) is 0 Å². The van der Waals surface area contributed by atoms with Crippen molar-refractivity contribution in [1.82, 2.24) is 0 Å². The van der Waals surface area contributed by atoms with Crippen LogP contribution < -0.4 is 9.47 Å². The van der Waals surface area contributed by atoms with E-state index in [2.05, 4.69) is 13.8 Å². The molecule has 0 saturated carbocycles. The van der Waals surface area contributed by atoms with E-state index in [1.54, 1.807) is 0 Å².